The first-order valence-corrected chi connectivity index (χ1v) is 6.64. The van der Waals surface area contributed by atoms with Crippen LogP contribution in [-0.4, -0.2) is 16.0 Å². The van der Waals surface area contributed by atoms with E-state index in [1.807, 2.05) is 6.07 Å². The molecule has 0 amide bonds. The SMILES string of the molecule is Cc1ccc(CC(C)Nc2nccnc2C#N)c(C)c1. The Morgan fingerprint density at radius 3 is 2.70 bits per heavy atom. The second-order valence-corrected chi connectivity index (χ2v) is 5.04. The fourth-order valence-corrected chi connectivity index (χ4v) is 2.21. The molecule has 1 N–H and O–H groups in total. The lowest BCUT2D eigenvalue weighted by molar-refractivity contribution is 0.778. The van der Waals surface area contributed by atoms with Gasteiger partial charge < -0.3 is 5.32 Å². The summed E-state index contributed by atoms with van der Waals surface area (Å²) in [6.07, 6.45) is 4.00. The molecule has 4 nitrogen and oxygen atoms in total. The van der Waals surface area contributed by atoms with Crippen LogP contribution >= 0.6 is 0 Å². The molecule has 1 heterocycles. The van der Waals surface area contributed by atoms with Crippen molar-refractivity contribution in [1.29, 1.82) is 5.26 Å². The predicted octanol–water partition coefficient (Wildman–Crippen LogP) is 3.01. The predicted molar refractivity (Wildman–Crippen MR) is 79.5 cm³/mol. The molecule has 0 bridgehead atoms. The van der Waals surface area contributed by atoms with Gasteiger partial charge in [0.15, 0.2) is 11.5 Å². The lowest BCUT2D eigenvalue weighted by atomic mass is 10.00. The van der Waals surface area contributed by atoms with E-state index in [4.69, 9.17) is 5.26 Å². The lowest BCUT2D eigenvalue weighted by Crippen LogP contribution is -2.20. The smallest absolute Gasteiger partial charge is 0.182 e. The molecular formula is C16H18N4. The van der Waals surface area contributed by atoms with Gasteiger partial charge in [-0.15, -0.1) is 0 Å². The van der Waals surface area contributed by atoms with E-state index in [0.717, 1.165) is 6.42 Å². The van der Waals surface area contributed by atoms with Gasteiger partial charge in [-0.3, -0.25) is 0 Å². The van der Waals surface area contributed by atoms with Crippen LogP contribution in [0.15, 0.2) is 30.6 Å². The second-order valence-electron chi connectivity index (χ2n) is 5.04. The van der Waals surface area contributed by atoms with Crippen LogP contribution in [0, 0.1) is 25.2 Å². The normalized spacial score (nSPS) is 11.7. The Labute approximate surface area is 119 Å². The molecule has 2 aromatic rings. The molecule has 1 aromatic heterocycles. The minimum atomic E-state index is 0.181. The molecule has 0 saturated carbocycles. The molecule has 1 unspecified atom stereocenters. The second kappa shape index (κ2) is 6.16. The topological polar surface area (TPSA) is 61.6 Å². The maximum absolute atomic E-state index is 9.00. The summed E-state index contributed by atoms with van der Waals surface area (Å²) in [5, 5.41) is 12.3. The highest BCUT2D eigenvalue weighted by molar-refractivity contribution is 5.47. The zero-order valence-electron chi connectivity index (χ0n) is 12.0. The Kier molecular flexibility index (Phi) is 4.31. The number of nitrogens with zero attached hydrogens (tertiary/aromatic N) is 3. The van der Waals surface area contributed by atoms with E-state index in [1.54, 1.807) is 6.20 Å². The van der Waals surface area contributed by atoms with Crippen LogP contribution < -0.4 is 5.32 Å². The zero-order valence-corrected chi connectivity index (χ0v) is 12.0. The Hall–Kier alpha value is -2.41. The number of hydrogen-bond acceptors (Lipinski definition) is 4. The first kappa shape index (κ1) is 14.0. The third kappa shape index (κ3) is 3.33. The van der Waals surface area contributed by atoms with Gasteiger partial charge >= 0.3 is 0 Å². The van der Waals surface area contributed by atoms with E-state index in [-0.39, 0.29) is 6.04 Å². The Bertz CT molecular complexity index is 643. The van der Waals surface area contributed by atoms with Crippen LogP contribution in [0.1, 0.15) is 29.3 Å². The van der Waals surface area contributed by atoms with E-state index >= 15 is 0 Å². The number of hydrogen-bond donors (Lipinski definition) is 1. The summed E-state index contributed by atoms with van der Waals surface area (Å²) in [6.45, 7) is 6.30. The van der Waals surface area contributed by atoms with Crippen LogP contribution in [0.4, 0.5) is 5.82 Å². The third-order valence-electron chi connectivity index (χ3n) is 3.21. The van der Waals surface area contributed by atoms with Crippen molar-refractivity contribution in [3.05, 3.63) is 53.0 Å². The average molecular weight is 266 g/mol. The molecule has 0 spiro atoms. The highest BCUT2D eigenvalue weighted by Crippen LogP contribution is 2.15. The van der Waals surface area contributed by atoms with Crippen LogP contribution in [0.5, 0.6) is 0 Å². The molecule has 0 fully saturated rings. The van der Waals surface area contributed by atoms with E-state index in [1.165, 1.54) is 22.9 Å². The molecule has 1 aromatic carbocycles. The van der Waals surface area contributed by atoms with Crippen molar-refractivity contribution in [2.24, 2.45) is 0 Å². The molecule has 0 saturated heterocycles. The van der Waals surface area contributed by atoms with Gasteiger partial charge in [0.05, 0.1) is 0 Å². The van der Waals surface area contributed by atoms with Gasteiger partial charge in [-0.2, -0.15) is 5.26 Å². The number of nitrogens with one attached hydrogen (secondary N) is 1. The Morgan fingerprint density at radius 2 is 2.00 bits per heavy atom. The number of benzene rings is 1. The summed E-state index contributed by atoms with van der Waals surface area (Å²) < 4.78 is 0. The summed E-state index contributed by atoms with van der Waals surface area (Å²) in [4.78, 5) is 8.17. The molecule has 1 atom stereocenters. The maximum atomic E-state index is 9.00. The third-order valence-corrected chi connectivity index (χ3v) is 3.21. The molecule has 20 heavy (non-hydrogen) atoms. The molecule has 4 heteroatoms. The van der Waals surface area contributed by atoms with E-state index in [9.17, 15) is 0 Å². The fraction of sp³-hybridized carbons (Fsp3) is 0.312. The minimum absolute atomic E-state index is 0.181. The van der Waals surface area contributed by atoms with E-state index in [2.05, 4.69) is 54.3 Å². The van der Waals surface area contributed by atoms with Gasteiger partial charge in [0, 0.05) is 18.4 Å². The van der Waals surface area contributed by atoms with Crippen molar-refractivity contribution in [2.75, 3.05) is 5.32 Å². The molecule has 0 aliphatic carbocycles. The van der Waals surface area contributed by atoms with Crippen molar-refractivity contribution in [3.8, 4) is 6.07 Å². The summed E-state index contributed by atoms with van der Waals surface area (Å²) in [7, 11) is 0. The number of aryl methyl sites for hydroxylation is 2. The number of anilines is 1. The average Bonchev–Trinajstić information content (AvgIpc) is 2.42. The highest BCUT2D eigenvalue weighted by Gasteiger charge is 2.10. The molecule has 102 valence electrons. The standard InChI is InChI=1S/C16H18N4/c1-11-4-5-14(12(2)8-11)9-13(3)20-16-15(10-17)18-6-7-19-16/h4-8,13H,9H2,1-3H3,(H,19,20). The maximum Gasteiger partial charge on any atom is 0.182 e. The quantitative estimate of drug-likeness (QED) is 0.924. The molecule has 0 radical (unpaired) electrons. The van der Waals surface area contributed by atoms with Gasteiger partial charge in [0.25, 0.3) is 0 Å². The first-order chi connectivity index (χ1) is 9.60. The van der Waals surface area contributed by atoms with E-state index in [0.29, 0.717) is 11.5 Å². The molecule has 2 rings (SSSR count). The lowest BCUT2D eigenvalue weighted by Gasteiger charge is -2.16. The summed E-state index contributed by atoms with van der Waals surface area (Å²) in [5.74, 6) is 0.548. The van der Waals surface area contributed by atoms with Crippen LogP contribution in [-0.2, 0) is 6.42 Å². The fourth-order valence-electron chi connectivity index (χ4n) is 2.21. The van der Waals surface area contributed by atoms with Crippen LogP contribution in [0.2, 0.25) is 0 Å². The highest BCUT2D eigenvalue weighted by atomic mass is 15.0. The largest absolute Gasteiger partial charge is 0.365 e. The van der Waals surface area contributed by atoms with Crippen molar-refractivity contribution in [1.82, 2.24) is 9.97 Å². The van der Waals surface area contributed by atoms with E-state index < -0.39 is 0 Å². The summed E-state index contributed by atoms with van der Waals surface area (Å²) in [5.41, 5.74) is 4.20. The van der Waals surface area contributed by atoms with Gasteiger partial charge in [0.1, 0.15) is 6.07 Å². The monoisotopic (exact) mass is 266 g/mol. The van der Waals surface area contributed by atoms with Crippen molar-refractivity contribution >= 4 is 5.82 Å². The van der Waals surface area contributed by atoms with Crippen LogP contribution in [0.3, 0.4) is 0 Å². The van der Waals surface area contributed by atoms with Gasteiger partial charge in [-0.05, 0) is 38.3 Å². The molecular weight excluding hydrogens is 248 g/mol. The minimum Gasteiger partial charge on any atom is -0.365 e. The van der Waals surface area contributed by atoms with Gasteiger partial charge in [0.2, 0.25) is 0 Å². The van der Waals surface area contributed by atoms with Crippen molar-refractivity contribution in [3.63, 3.8) is 0 Å². The van der Waals surface area contributed by atoms with Crippen LogP contribution in [0.25, 0.3) is 0 Å². The first-order valence-electron chi connectivity index (χ1n) is 6.64. The Balaban J connectivity index is 2.09. The van der Waals surface area contributed by atoms with Crippen molar-refractivity contribution in [2.45, 2.75) is 33.2 Å². The zero-order chi connectivity index (χ0) is 14.5. The van der Waals surface area contributed by atoms with Crippen molar-refractivity contribution < 1.29 is 0 Å². The van der Waals surface area contributed by atoms with Gasteiger partial charge in [-0.1, -0.05) is 23.8 Å². The molecule has 0 aliphatic heterocycles. The van der Waals surface area contributed by atoms with Gasteiger partial charge in [-0.25, -0.2) is 9.97 Å². The Morgan fingerprint density at radius 1 is 1.25 bits per heavy atom. The summed E-state index contributed by atoms with van der Waals surface area (Å²) >= 11 is 0. The number of rotatable bonds is 4. The number of nitriles is 1. The number of aromatic nitrogens is 2. The summed E-state index contributed by atoms with van der Waals surface area (Å²) in [6, 6.07) is 8.69. The molecule has 0 aliphatic rings.